The maximum atomic E-state index is 12.2. The van der Waals surface area contributed by atoms with Gasteiger partial charge >= 0.3 is 0 Å². The topological polar surface area (TPSA) is 58.6 Å². The molecule has 0 aliphatic heterocycles. The van der Waals surface area contributed by atoms with Gasteiger partial charge in [0, 0.05) is 13.5 Å². The minimum Gasteiger partial charge on any atom is -0.495 e. The van der Waals surface area contributed by atoms with Gasteiger partial charge in [0.2, 0.25) is 11.8 Å². The van der Waals surface area contributed by atoms with Crippen LogP contribution in [0.4, 0.5) is 5.69 Å². The third kappa shape index (κ3) is 4.59. The number of nitrogens with zero attached hydrogens (tertiary/aromatic N) is 1. The van der Waals surface area contributed by atoms with Crippen LogP contribution >= 0.6 is 0 Å². The molecular formula is C19H22N2O3. The van der Waals surface area contributed by atoms with E-state index in [1.54, 1.807) is 18.2 Å². The molecule has 0 bridgehead atoms. The number of ether oxygens (including phenoxy) is 1. The summed E-state index contributed by atoms with van der Waals surface area (Å²) in [6.07, 6.45) is 0. The summed E-state index contributed by atoms with van der Waals surface area (Å²) in [5.41, 5.74) is 2.74. The number of rotatable bonds is 6. The summed E-state index contributed by atoms with van der Waals surface area (Å²) in [6, 6.07) is 15.1. The normalized spacial score (nSPS) is 10.1. The Morgan fingerprint density at radius 2 is 1.88 bits per heavy atom. The van der Waals surface area contributed by atoms with E-state index in [0.29, 0.717) is 18.0 Å². The molecule has 5 heteroatoms. The zero-order chi connectivity index (χ0) is 17.5. The molecule has 0 unspecified atom stereocenters. The first-order valence-corrected chi connectivity index (χ1v) is 7.74. The van der Waals surface area contributed by atoms with Crippen molar-refractivity contribution in [1.29, 1.82) is 0 Å². The second kappa shape index (κ2) is 8.15. The Morgan fingerprint density at radius 3 is 2.54 bits per heavy atom. The van der Waals surface area contributed by atoms with E-state index in [-0.39, 0.29) is 18.4 Å². The van der Waals surface area contributed by atoms with Crippen molar-refractivity contribution in [3.63, 3.8) is 0 Å². The van der Waals surface area contributed by atoms with Gasteiger partial charge in [-0.2, -0.15) is 0 Å². The van der Waals surface area contributed by atoms with Gasteiger partial charge in [-0.1, -0.05) is 42.0 Å². The maximum absolute atomic E-state index is 12.2. The van der Waals surface area contributed by atoms with Gasteiger partial charge in [0.15, 0.2) is 0 Å². The third-order valence-corrected chi connectivity index (χ3v) is 3.63. The van der Waals surface area contributed by atoms with Crippen LogP contribution in [0.25, 0.3) is 0 Å². The minimum atomic E-state index is -0.224. The number of nitrogens with one attached hydrogen (secondary N) is 1. The van der Waals surface area contributed by atoms with Crippen molar-refractivity contribution in [2.45, 2.75) is 20.4 Å². The van der Waals surface area contributed by atoms with Crippen molar-refractivity contribution in [1.82, 2.24) is 5.32 Å². The molecule has 2 aromatic carbocycles. The van der Waals surface area contributed by atoms with Crippen molar-refractivity contribution in [3.8, 4) is 5.75 Å². The predicted molar refractivity (Wildman–Crippen MR) is 94.0 cm³/mol. The smallest absolute Gasteiger partial charge is 0.240 e. The Morgan fingerprint density at radius 1 is 1.12 bits per heavy atom. The number of para-hydroxylation sites is 2. The highest BCUT2D eigenvalue weighted by molar-refractivity contribution is 5.98. The number of hydrogen-bond donors (Lipinski definition) is 1. The van der Waals surface area contributed by atoms with Crippen molar-refractivity contribution in [3.05, 3.63) is 59.7 Å². The molecule has 2 aromatic rings. The van der Waals surface area contributed by atoms with Crippen LogP contribution in [0.15, 0.2) is 48.5 Å². The van der Waals surface area contributed by atoms with Crippen LogP contribution < -0.4 is 15.0 Å². The van der Waals surface area contributed by atoms with E-state index in [1.165, 1.54) is 18.9 Å². The highest BCUT2D eigenvalue weighted by atomic mass is 16.5. The molecule has 0 aliphatic carbocycles. The lowest BCUT2D eigenvalue weighted by atomic mass is 10.1. The van der Waals surface area contributed by atoms with Crippen LogP contribution in [0.1, 0.15) is 18.1 Å². The van der Waals surface area contributed by atoms with Crippen LogP contribution in [0, 0.1) is 6.92 Å². The van der Waals surface area contributed by atoms with Gasteiger partial charge in [0.1, 0.15) is 12.3 Å². The van der Waals surface area contributed by atoms with Gasteiger partial charge in [0.25, 0.3) is 0 Å². The molecule has 0 fully saturated rings. The van der Waals surface area contributed by atoms with E-state index in [2.05, 4.69) is 5.32 Å². The number of methoxy groups -OCH3 is 1. The molecule has 0 saturated carbocycles. The summed E-state index contributed by atoms with van der Waals surface area (Å²) in [6.45, 7) is 3.81. The van der Waals surface area contributed by atoms with Gasteiger partial charge in [-0.05, 0) is 24.6 Å². The molecule has 5 nitrogen and oxygen atoms in total. The molecule has 2 rings (SSSR count). The number of carbonyl (C=O) groups is 2. The van der Waals surface area contributed by atoms with E-state index in [4.69, 9.17) is 4.74 Å². The molecule has 0 atom stereocenters. The average molecular weight is 326 g/mol. The number of benzene rings is 2. The quantitative estimate of drug-likeness (QED) is 0.888. The molecule has 0 radical (unpaired) electrons. The van der Waals surface area contributed by atoms with Crippen LogP contribution in [0.3, 0.4) is 0 Å². The molecule has 0 aliphatic rings. The Labute approximate surface area is 142 Å². The monoisotopic (exact) mass is 326 g/mol. The molecule has 2 amide bonds. The van der Waals surface area contributed by atoms with Crippen LogP contribution in [0.2, 0.25) is 0 Å². The van der Waals surface area contributed by atoms with Crippen molar-refractivity contribution < 1.29 is 14.3 Å². The van der Waals surface area contributed by atoms with Gasteiger partial charge in [-0.25, -0.2) is 0 Å². The van der Waals surface area contributed by atoms with Gasteiger partial charge in [-0.3, -0.25) is 14.5 Å². The van der Waals surface area contributed by atoms with E-state index in [0.717, 1.165) is 11.1 Å². The van der Waals surface area contributed by atoms with Gasteiger partial charge in [0.05, 0.1) is 12.8 Å². The number of aryl methyl sites for hydroxylation is 1. The molecule has 1 N–H and O–H groups in total. The largest absolute Gasteiger partial charge is 0.495 e. The fraction of sp³-hybridized carbons (Fsp3) is 0.263. The van der Waals surface area contributed by atoms with Crippen molar-refractivity contribution >= 4 is 17.5 Å². The molecular weight excluding hydrogens is 304 g/mol. The SMILES string of the molecule is COc1ccccc1N(CC(=O)NCc1cccc(C)c1)C(C)=O. The number of carbonyl (C=O) groups excluding carboxylic acids is 2. The standard InChI is InChI=1S/C19H22N2O3/c1-14-7-6-8-16(11-14)12-20-19(23)13-21(15(2)22)17-9-4-5-10-18(17)24-3/h4-11H,12-13H2,1-3H3,(H,20,23). The zero-order valence-corrected chi connectivity index (χ0v) is 14.2. The van der Waals surface area contributed by atoms with Gasteiger partial charge < -0.3 is 10.1 Å². The van der Waals surface area contributed by atoms with E-state index in [1.807, 2.05) is 37.3 Å². The average Bonchev–Trinajstić information content (AvgIpc) is 2.57. The highest BCUT2D eigenvalue weighted by Gasteiger charge is 2.18. The summed E-state index contributed by atoms with van der Waals surface area (Å²) in [4.78, 5) is 25.6. The maximum Gasteiger partial charge on any atom is 0.240 e. The first-order chi connectivity index (χ1) is 11.5. The molecule has 0 aromatic heterocycles. The second-order valence-electron chi connectivity index (χ2n) is 5.54. The number of anilines is 1. The fourth-order valence-corrected chi connectivity index (χ4v) is 2.44. The van der Waals surface area contributed by atoms with Crippen LogP contribution in [-0.4, -0.2) is 25.5 Å². The van der Waals surface area contributed by atoms with E-state index < -0.39 is 0 Å². The predicted octanol–water partition coefficient (Wildman–Crippen LogP) is 2.67. The third-order valence-electron chi connectivity index (χ3n) is 3.63. The fourth-order valence-electron chi connectivity index (χ4n) is 2.44. The molecule has 0 heterocycles. The first-order valence-electron chi connectivity index (χ1n) is 7.74. The lowest BCUT2D eigenvalue weighted by Gasteiger charge is -2.22. The molecule has 0 spiro atoms. The highest BCUT2D eigenvalue weighted by Crippen LogP contribution is 2.27. The summed E-state index contributed by atoms with van der Waals surface area (Å²) >= 11 is 0. The van der Waals surface area contributed by atoms with E-state index >= 15 is 0 Å². The Balaban J connectivity index is 2.05. The summed E-state index contributed by atoms with van der Waals surface area (Å²) in [5, 5.41) is 2.85. The number of hydrogen-bond acceptors (Lipinski definition) is 3. The lowest BCUT2D eigenvalue weighted by Crippen LogP contribution is -2.39. The Kier molecular flexibility index (Phi) is 5.95. The number of amides is 2. The summed E-state index contributed by atoms with van der Waals surface area (Å²) in [5.74, 6) is 0.113. The molecule has 0 saturated heterocycles. The van der Waals surface area contributed by atoms with Gasteiger partial charge in [-0.15, -0.1) is 0 Å². The van der Waals surface area contributed by atoms with Crippen molar-refractivity contribution in [2.75, 3.05) is 18.6 Å². The zero-order valence-electron chi connectivity index (χ0n) is 14.2. The van der Waals surface area contributed by atoms with Crippen molar-refractivity contribution in [2.24, 2.45) is 0 Å². The lowest BCUT2D eigenvalue weighted by molar-refractivity contribution is -0.123. The molecule has 24 heavy (non-hydrogen) atoms. The Hall–Kier alpha value is -2.82. The van der Waals surface area contributed by atoms with E-state index in [9.17, 15) is 9.59 Å². The summed E-state index contributed by atoms with van der Waals surface area (Å²) in [7, 11) is 1.54. The second-order valence-corrected chi connectivity index (χ2v) is 5.54. The molecule has 126 valence electrons. The van der Waals surface area contributed by atoms with Crippen LogP contribution in [-0.2, 0) is 16.1 Å². The summed E-state index contributed by atoms with van der Waals surface area (Å²) < 4.78 is 5.27. The minimum absolute atomic E-state index is 0.0540. The first kappa shape index (κ1) is 17.5. The Bertz CT molecular complexity index is 728. The van der Waals surface area contributed by atoms with Crippen LogP contribution in [0.5, 0.6) is 5.75 Å².